The van der Waals surface area contributed by atoms with Gasteiger partial charge >= 0.3 is 6.18 Å². The molecule has 0 radical (unpaired) electrons. The molecule has 3 aromatic rings. The summed E-state index contributed by atoms with van der Waals surface area (Å²) in [6, 6.07) is 10.8. The minimum atomic E-state index is -4.42. The molecule has 0 aliphatic carbocycles. The third-order valence-corrected chi connectivity index (χ3v) is 4.00. The molecule has 2 aromatic carbocycles. The van der Waals surface area contributed by atoms with Crippen LogP contribution in [0.1, 0.15) is 23.6 Å². The molecule has 27 heavy (non-hydrogen) atoms. The van der Waals surface area contributed by atoms with Crippen molar-refractivity contribution < 1.29 is 13.2 Å². The maximum Gasteiger partial charge on any atom is 0.416 e. The van der Waals surface area contributed by atoms with Gasteiger partial charge in [-0.2, -0.15) is 23.3 Å². The summed E-state index contributed by atoms with van der Waals surface area (Å²) in [4.78, 5) is 4.29. The summed E-state index contributed by atoms with van der Waals surface area (Å²) in [5.74, 6) is 0.550. The fraction of sp³-hybridized carbons (Fsp3) is 0.211. The zero-order valence-corrected chi connectivity index (χ0v) is 14.8. The van der Waals surface area contributed by atoms with Crippen LogP contribution >= 0.6 is 0 Å². The normalized spacial score (nSPS) is 11.3. The number of rotatable bonds is 5. The van der Waals surface area contributed by atoms with Gasteiger partial charge in [0.25, 0.3) is 0 Å². The number of hydrogen-bond donors (Lipinski definition) is 2. The number of aryl methyl sites for hydroxylation is 2. The predicted octanol–water partition coefficient (Wildman–Crippen LogP) is 5.25. The van der Waals surface area contributed by atoms with Gasteiger partial charge in [-0.05, 0) is 42.7 Å². The molecule has 1 aromatic heterocycles. The van der Waals surface area contributed by atoms with Crippen molar-refractivity contribution in [3.8, 4) is 0 Å². The molecule has 0 saturated heterocycles. The first-order valence-corrected chi connectivity index (χ1v) is 8.36. The van der Waals surface area contributed by atoms with Crippen LogP contribution in [0.3, 0.4) is 0 Å². The molecule has 0 fully saturated rings. The summed E-state index contributed by atoms with van der Waals surface area (Å²) >= 11 is 0. The summed E-state index contributed by atoms with van der Waals surface area (Å²) in [7, 11) is 0. The topological polar surface area (TPSA) is 62.7 Å². The van der Waals surface area contributed by atoms with Crippen LogP contribution in [0.2, 0.25) is 0 Å². The zero-order chi connectivity index (χ0) is 19.4. The van der Waals surface area contributed by atoms with Crippen LogP contribution in [0.4, 0.5) is 36.3 Å². The quantitative estimate of drug-likeness (QED) is 0.640. The maximum atomic E-state index is 12.8. The molecule has 8 heteroatoms. The van der Waals surface area contributed by atoms with Gasteiger partial charge in [0, 0.05) is 11.4 Å². The molecule has 0 atom stereocenters. The lowest BCUT2D eigenvalue weighted by Crippen LogP contribution is -2.07. The lowest BCUT2D eigenvalue weighted by molar-refractivity contribution is -0.137. The first-order chi connectivity index (χ1) is 12.9. The highest BCUT2D eigenvalue weighted by molar-refractivity contribution is 5.65. The van der Waals surface area contributed by atoms with E-state index in [9.17, 15) is 13.2 Å². The molecule has 0 unspecified atom stereocenters. The van der Waals surface area contributed by atoms with E-state index in [2.05, 4.69) is 32.7 Å². The first kappa shape index (κ1) is 18.6. The Morgan fingerprint density at radius 1 is 1.04 bits per heavy atom. The van der Waals surface area contributed by atoms with Crippen molar-refractivity contribution in [3.63, 3.8) is 0 Å². The van der Waals surface area contributed by atoms with E-state index >= 15 is 0 Å². The minimum absolute atomic E-state index is 0.103. The van der Waals surface area contributed by atoms with Crippen molar-refractivity contribution in [1.29, 1.82) is 0 Å². The Balaban J connectivity index is 1.83. The van der Waals surface area contributed by atoms with Gasteiger partial charge in [0.05, 0.1) is 11.8 Å². The SMILES string of the molecule is CCc1cccc(C)c1Nc1cnnc(Nc2cccc(C(F)(F)F)c2)n1. The summed E-state index contributed by atoms with van der Waals surface area (Å²) in [5, 5.41) is 13.7. The summed E-state index contributed by atoms with van der Waals surface area (Å²) in [6.07, 6.45) is -2.11. The molecule has 2 N–H and O–H groups in total. The fourth-order valence-electron chi connectivity index (χ4n) is 2.65. The van der Waals surface area contributed by atoms with E-state index in [4.69, 9.17) is 0 Å². The lowest BCUT2D eigenvalue weighted by atomic mass is 10.1. The average molecular weight is 373 g/mol. The van der Waals surface area contributed by atoms with E-state index in [-0.39, 0.29) is 11.6 Å². The van der Waals surface area contributed by atoms with Gasteiger partial charge < -0.3 is 10.6 Å². The Labute approximate surface area is 154 Å². The highest BCUT2D eigenvalue weighted by Gasteiger charge is 2.30. The number of para-hydroxylation sites is 1. The Hall–Kier alpha value is -3.16. The number of hydrogen-bond acceptors (Lipinski definition) is 5. The van der Waals surface area contributed by atoms with Crippen LogP contribution in [-0.2, 0) is 12.6 Å². The summed E-state index contributed by atoms with van der Waals surface area (Å²) in [6.45, 7) is 4.04. The molecule has 3 rings (SSSR count). The molecular formula is C19H18F3N5. The third kappa shape index (κ3) is 4.52. The standard InChI is InChI=1S/C19H18F3N5/c1-3-13-7-4-6-12(2)17(13)25-16-11-23-27-18(26-16)24-15-9-5-8-14(10-15)19(20,21)22/h4-11H,3H2,1-2H3,(H2,24,25,26,27). The molecule has 0 saturated carbocycles. The highest BCUT2D eigenvalue weighted by Crippen LogP contribution is 2.31. The Bertz CT molecular complexity index is 941. The number of anilines is 4. The Morgan fingerprint density at radius 2 is 1.81 bits per heavy atom. The van der Waals surface area contributed by atoms with Gasteiger partial charge in [0.15, 0.2) is 5.82 Å². The second kappa shape index (κ2) is 7.61. The van der Waals surface area contributed by atoms with Gasteiger partial charge in [-0.15, -0.1) is 5.10 Å². The summed E-state index contributed by atoms with van der Waals surface area (Å²) in [5.41, 5.74) is 2.60. The smallest absolute Gasteiger partial charge is 0.338 e. The fourth-order valence-corrected chi connectivity index (χ4v) is 2.65. The van der Waals surface area contributed by atoms with Crippen molar-refractivity contribution >= 4 is 23.1 Å². The van der Waals surface area contributed by atoms with Crippen molar-refractivity contribution in [2.45, 2.75) is 26.4 Å². The number of halogens is 3. The van der Waals surface area contributed by atoms with E-state index in [0.717, 1.165) is 35.4 Å². The van der Waals surface area contributed by atoms with Crippen molar-refractivity contribution in [2.24, 2.45) is 0 Å². The predicted molar refractivity (Wildman–Crippen MR) is 98.4 cm³/mol. The van der Waals surface area contributed by atoms with Crippen LogP contribution in [0.25, 0.3) is 0 Å². The highest BCUT2D eigenvalue weighted by atomic mass is 19.4. The van der Waals surface area contributed by atoms with Crippen LogP contribution in [0.5, 0.6) is 0 Å². The van der Waals surface area contributed by atoms with Crippen molar-refractivity contribution in [1.82, 2.24) is 15.2 Å². The van der Waals surface area contributed by atoms with Gasteiger partial charge in [-0.3, -0.25) is 0 Å². The molecule has 0 spiro atoms. The van der Waals surface area contributed by atoms with E-state index in [1.807, 2.05) is 25.1 Å². The Kier molecular flexibility index (Phi) is 5.25. The van der Waals surface area contributed by atoms with Crippen LogP contribution < -0.4 is 10.6 Å². The first-order valence-electron chi connectivity index (χ1n) is 8.36. The van der Waals surface area contributed by atoms with E-state index in [1.54, 1.807) is 0 Å². The molecule has 0 aliphatic rings. The molecule has 5 nitrogen and oxygen atoms in total. The number of benzene rings is 2. The lowest BCUT2D eigenvalue weighted by Gasteiger charge is -2.14. The number of aromatic nitrogens is 3. The average Bonchev–Trinajstić information content (AvgIpc) is 2.63. The molecule has 0 aliphatic heterocycles. The number of alkyl halides is 3. The van der Waals surface area contributed by atoms with Crippen LogP contribution in [-0.4, -0.2) is 15.2 Å². The largest absolute Gasteiger partial charge is 0.416 e. The van der Waals surface area contributed by atoms with E-state index in [0.29, 0.717) is 5.82 Å². The molecule has 0 bridgehead atoms. The van der Waals surface area contributed by atoms with E-state index < -0.39 is 11.7 Å². The monoisotopic (exact) mass is 373 g/mol. The van der Waals surface area contributed by atoms with Gasteiger partial charge in [-0.1, -0.05) is 31.2 Å². The van der Waals surface area contributed by atoms with Crippen molar-refractivity contribution in [3.05, 3.63) is 65.4 Å². The van der Waals surface area contributed by atoms with Gasteiger partial charge in [0.2, 0.25) is 5.95 Å². The van der Waals surface area contributed by atoms with Crippen molar-refractivity contribution in [2.75, 3.05) is 10.6 Å². The molecule has 1 heterocycles. The molecule has 0 amide bonds. The molecular weight excluding hydrogens is 355 g/mol. The second-order valence-corrected chi connectivity index (χ2v) is 5.96. The van der Waals surface area contributed by atoms with Crippen LogP contribution in [0, 0.1) is 6.92 Å². The Morgan fingerprint density at radius 3 is 2.56 bits per heavy atom. The molecule has 140 valence electrons. The number of nitrogens with one attached hydrogen (secondary N) is 2. The second-order valence-electron chi connectivity index (χ2n) is 5.96. The van der Waals surface area contributed by atoms with Gasteiger partial charge in [-0.25, -0.2) is 0 Å². The van der Waals surface area contributed by atoms with Crippen LogP contribution in [0.15, 0.2) is 48.7 Å². The van der Waals surface area contributed by atoms with E-state index in [1.165, 1.54) is 18.3 Å². The minimum Gasteiger partial charge on any atom is -0.338 e. The van der Waals surface area contributed by atoms with Gasteiger partial charge in [0.1, 0.15) is 0 Å². The third-order valence-electron chi connectivity index (χ3n) is 4.00. The number of nitrogens with zero attached hydrogens (tertiary/aromatic N) is 3. The zero-order valence-electron chi connectivity index (χ0n) is 14.8. The maximum absolute atomic E-state index is 12.8. The summed E-state index contributed by atoms with van der Waals surface area (Å²) < 4.78 is 38.5.